The molecule has 1 saturated heterocycles. The number of rotatable bonds is 3. The van der Waals surface area contributed by atoms with Crippen molar-refractivity contribution in [3.63, 3.8) is 0 Å². The van der Waals surface area contributed by atoms with Crippen molar-refractivity contribution in [1.29, 1.82) is 0 Å². The molecule has 0 bridgehead atoms. The summed E-state index contributed by atoms with van der Waals surface area (Å²) in [7, 11) is 1.54. The number of ether oxygens (including phenoxy) is 1. The SMILES string of the molecule is COCCC(=O)N1CC(F)C1. The molecule has 3 nitrogen and oxygen atoms in total. The third kappa shape index (κ3) is 2.15. The molecule has 0 spiro atoms. The summed E-state index contributed by atoms with van der Waals surface area (Å²) in [5.74, 6) is -0.0132. The molecule has 64 valence electrons. The van der Waals surface area contributed by atoms with Gasteiger partial charge in [-0.25, -0.2) is 4.39 Å². The zero-order valence-corrected chi connectivity index (χ0v) is 6.55. The van der Waals surface area contributed by atoms with Gasteiger partial charge in [-0.2, -0.15) is 0 Å². The van der Waals surface area contributed by atoms with Crippen molar-refractivity contribution in [2.45, 2.75) is 12.6 Å². The number of carbonyl (C=O) groups is 1. The van der Waals surface area contributed by atoms with Crippen molar-refractivity contribution in [3.8, 4) is 0 Å². The average Bonchev–Trinajstić information content (AvgIpc) is 1.94. The van der Waals surface area contributed by atoms with Crippen LogP contribution in [0.4, 0.5) is 4.39 Å². The summed E-state index contributed by atoms with van der Waals surface area (Å²) in [6.45, 7) is 0.956. The van der Waals surface area contributed by atoms with Crippen LogP contribution in [0, 0.1) is 0 Å². The first-order chi connectivity index (χ1) is 5.24. The van der Waals surface area contributed by atoms with Crippen LogP contribution < -0.4 is 0 Å². The number of carbonyl (C=O) groups excluding carboxylic acids is 1. The summed E-state index contributed by atoms with van der Waals surface area (Å²) in [6.07, 6.45) is -0.440. The number of methoxy groups -OCH3 is 1. The Balaban J connectivity index is 2.11. The Morgan fingerprint density at radius 3 is 2.82 bits per heavy atom. The van der Waals surface area contributed by atoms with Gasteiger partial charge in [-0.3, -0.25) is 4.79 Å². The molecule has 0 radical (unpaired) electrons. The molecule has 11 heavy (non-hydrogen) atoms. The van der Waals surface area contributed by atoms with Gasteiger partial charge in [0.15, 0.2) is 0 Å². The normalized spacial score (nSPS) is 18.2. The molecule has 0 saturated carbocycles. The molecule has 1 aliphatic heterocycles. The minimum absolute atomic E-state index is 0.0132. The second-order valence-corrected chi connectivity index (χ2v) is 2.64. The molecule has 1 heterocycles. The Labute approximate surface area is 65.1 Å². The Bertz CT molecular complexity index is 145. The van der Waals surface area contributed by atoms with E-state index in [4.69, 9.17) is 4.74 Å². The lowest BCUT2D eigenvalue weighted by Gasteiger charge is -2.34. The first-order valence-electron chi connectivity index (χ1n) is 3.65. The van der Waals surface area contributed by atoms with E-state index >= 15 is 0 Å². The fraction of sp³-hybridized carbons (Fsp3) is 0.857. The maximum atomic E-state index is 12.2. The summed E-state index contributed by atoms with van der Waals surface area (Å²) in [6, 6.07) is 0. The van der Waals surface area contributed by atoms with Crippen LogP contribution in [-0.4, -0.2) is 43.8 Å². The molecule has 0 N–H and O–H groups in total. The van der Waals surface area contributed by atoms with Crippen LogP contribution in [-0.2, 0) is 9.53 Å². The number of alkyl halides is 1. The predicted molar refractivity (Wildman–Crippen MR) is 38.0 cm³/mol. The van der Waals surface area contributed by atoms with E-state index in [2.05, 4.69) is 0 Å². The smallest absolute Gasteiger partial charge is 0.225 e. The Hall–Kier alpha value is -0.640. The van der Waals surface area contributed by atoms with Crippen LogP contribution >= 0.6 is 0 Å². The first-order valence-corrected chi connectivity index (χ1v) is 3.65. The zero-order valence-electron chi connectivity index (χ0n) is 6.55. The van der Waals surface area contributed by atoms with Crippen molar-refractivity contribution < 1.29 is 13.9 Å². The lowest BCUT2D eigenvalue weighted by atomic mass is 10.2. The largest absolute Gasteiger partial charge is 0.384 e. The minimum Gasteiger partial charge on any atom is -0.384 e. The molecule has 0 unspecified atom stereocenters. The van der Waals surface area contributed by atoms with Crippen LogP contribution in [0.3, 0.4) is 0 Å². The minimum atomic E-state index is -0.804. The molecule has 0 aromatic heterocycles. The summed E-state index contributed by atoms with van der Waals surface area (Å²) in [5, 5.41) is 0. The molecule has 1 aliphatic rings. The molecule has 1 amide bonds. The lowest BCUT2D eigenvalue weighted by molar-refractivity contribution is -0.139. The van der Waals surface area contributed by atoms with E-state index in [0.29, 0.717) is 13.0 Å². The highest BCUT2D eigenvalue weighted by Crippen LogP contribution is 2.11. The number of nitrogens with zero attached hydrogens (tertiary/aromatic N) is 1. The van der Waals surface area contributed by atoms with E-state index in [9.17, 15) is 9.18 Å². The lowest BCUT2D eigenvalue weighted by Crippen LogP contribution is -2.51. The van der Waals surface area contributed by atoms with Crippen molar-refractivity contribution in [2.75, 3.05) is 26.8 Å². The van der Waals surface area contributed by atoms with Gasteiger partial charge >= 0.3 is 0 Å². The fourth-order valence-electron chi connectivity index (χ4n) is 0.976. The van der Waals surface area contributed by atoms with Gasteiger partial charge in [0, 0.05) is 7.11 Å². The van der Waals surface area contributed by atoms with Gasteiger partial charge in [0.2, 0.25) is 5.91 Å². The van der Waals surface area contributed by atoms with E-state index < -0.39 is 6.17 Å². The topological polar surface area (TPSA) is 29.5 Å². The molecule has 1 fully saturated rings. The number of hydrogen-bond acceptors (Lipinski definition) is 2. The number of likely N-dealkylation sites (tertiary alicyclic amines) is 1. The quantitative estimate of drug-likeness (QED) is 0.592. The maximum Gasteiger partial charge on any atom is 0.225 e. The van der Waals surface area contributed by atoms with Crippen molar-refractivity contribution >= 4 is 5.91 Å². The van der Waals surface area contributed by atoms with E-state index in [1.807, 2.05) is 0 Å². The van der Waals surface area contributed by atoms with E-state index in [-0.39, 0.29) is 19.0 Å². The van der Waals surface area contributed by atoms with Gasteiger partial charge in [-0.05, 0) is 0 Å². The van der Waals surface area contributed by atoms with Crippen LogP contribution in [0.15, 0.2) is 0 Å². The third-order valence-corrected chi connectivity index (χ3v) is 1.71. The zero-order chi connectivity index (χ0) is 8.27. The Morgan fingerprint density at radius 2 is 2.36 bits per heavy atom. The highest BCUT2D eigenvalue weighted by atomic mass is 19.1. The van der Waals surface area contributed by atoms with E-state index in [1.54, 1.807) is 7.11 Å². The second-order valence-electron chi connectivity index (χ2n) is 2.64. The summed E-state index contributed by atoms with van der Waals surface area (Å²) >= 11 is 0. The molecule has 4 heteroatoms. The molecule has 1 rings (SSSR count). The molecular formula is C7H12FNO2. The molecular weight excluding hydrogens is 149 g/mol. The standard InChI is InChI=1S/C7H12FNO2/c1-11-3-2-7(10)9-4-6(8)5-9/h6H,2-5H2,1H3. The second kappa shape index (κ2) is 3.67. The number of halogens is 1. The van der Waals surface area contributed by atoms with Gasteiger partial charge in [0.1, 0.15) is 6.17 Å². The van der Waals surface area contributed by atoms with Crippen LogP contribution in [0.25, 0.3) is 0 Å². The summed E-state index contributed by atoms with van der Waals surface area (Å²) < 4.78 is 16.9. The van der Waals surface area contributed by atoms with Gasteiger partial charge in [-0.15, -0.1) is 0 Å². The highest BCUT2D eigenvalue weighted by molar-refractivity contribution is 5.77. The van der Waals surface area contributed by atoms with Crippen molar-refractivity contribution in [2.24, 2.45) is 0 Å². The van der Waals surface area contributed by atoms with Gasteiger partial charge in [-0.1, -0.05) is 0 Å². The first kappa shape index (κ1) is 8.46. The van der Waals surface area contributed by atoms with Crippen molar-refractivity contribution in [3.05, 3.63) is 0 Å². The monoisotopic (exact) mass is 161 g/mol. The van der Waals surface area contributed by atoms with Gasteiger partial charge in [0.05, 0.1) is 26.1 Å². The number of hydrogen-bond donors (Lipinski definition) is 0. The van der Waals surface area contributed by atoms with E-state index in [1.165, 1.54) is 4.90 Å². The van der Waals surface area contributed by atoms with Gasteiger partial charge in [0.25, 0.3) is 0 Å². The third-order valence-electron chi connectivity index (χ3n) is 1.71. The molecule has 0 aliphatic carbocycles. The number of amides is 1. The van der Waals surface area contributed by atoms with Crippen LogP contribution in [0.1, 0.15) is 6.42 Å². The maximum absolute atomic E-state index is 12.2. The Kier molecular flexibility index (Phi) is 2.82. The molecule has 0 atom stereocenters. The highest BCUT2D eigenvalue weighted by Gasteiger charge is 2.29. The van der Waals surface area contributed by atoms with Gasteiger partial charge < -0.3 is 9.64 Å². The summed E-state index contributed by atoms with van der Waals surface area (Å²) in [4.78, 5) is 12.5. The molecule has 0 aromatic carbocycles. The average molecular weight is 161 g/mol. The molecule has 0 aromatic rings. The fourth-order valence-corrected chi connectivity index (χ4v) is 0.976. The van der Waals surface area contributed by atoms with Crippen LogP contribution in [0.2, 0.25) is 0 Å². The predicted octanol–water partition coefficient (Wildman–Crippen LogP) is 0.203. The van der Waals surface area contributed by atoms with E-state index in [0.717, 1.165) is 0 Å². The van der Waals surface area contributed by atoms with Crippen LogP contribution in [0.5, 0.6) is 0 Å². The van der Waals surface area contributed by atoms with Crippen molar-refractivity contribution in [1.82, 2.24) is 4.90 Å². The summed E-state index contributed by atoms with van der Waals surface area (Å²) in [5.41, 5.74) is 0. The Morgan fingerprint density at radius 1 is 1.73 bits per heavy atom.